The molecule has 0 amide bonds. The number of rotatable bonds is 4. The first-order valence-electron chi connectivity index (χ1n) is 8.89. The van der Waals surface area contributed by atoms with Crippen LogP contribution in [0.3, 0.4) is 0 Å². The first kappa shape index (κ1) is 17.3. The van der Waals surface area contributed by atoms with Crippen molar-refractivity contribution >= 4 is 34.7 Å². The van der Waals surface area contributed by atoms with Crippen LogP contribution in [-0.2, 0) is 4.79 Å². The zero-order valence-corrected chi connectivity index (χ0v) is 15.4. The molecular weight excluding hydrogens is 352 g/mol. The Bertz CT molecular complexity index is 885. The number of aliphatic carboxylic acids is 1. The molecule has 2 aromatic rings. The van der Waals surface area contributed by atoms with Gasteiger partial charge in [0.25, 0.3) is 0 Å². The number of carboxylic acid groups (broad SMARTS) is 1. The maximum atomic E-state index is 11.6. The molecule has 2 aromatic heterocycles. The Morgan fingerprint density at radius 1 is 1.23 bits per heavy atom. The lowest BCUT2D eigenvalue weighted by Gasteiger charge is -2.50. The largest absolute Gasteiger partial charge is 0.481 e. The van der Waals surface area contributed by atoms with E-state index in [9.17, 15) is 9.90 Å². The van der Waals surface area contributed by atoms with Gasteiger partial charge < -0.3 is 9.84 Å². The van der Waals surface area contributed by atoms with Gasteiger partial charge in [-0.2, -0.15) is 0 Å². The standard InChI is InChI=1S/C20H21ClN2O3/c1-26-16-3-2-15-17(23-16)13(14(21)12-22-15)4-5-19-6-9-20(10-7-19,11-8-19)18(24)25/h2-5,12H,6-11H2,1H3,(H,24,25)/b5-4+. The van der Waals surface area contributed by atoms with Crippen LogP contribution in [0.25, 0.3) is 17.1 Å². The Morgan fingerprint density at radius 2 is 1.92 bits per heavy atom. The summed E-state index contributed by atoms with van der Waals surface area (Å²) < 4.78 is 5.23. The molecule has 0 aromatic carbocycles. The van der Waals surface area contributed by atoms with Crippen molar-refractivity contribution in [1.82, 2.24) is 9.97 Å². The number of hydrogen-bond donors (Lipinski definition) is 1. The quantitative estimate of drug-likeness (QED) is 0.839. The summed E-state index contributed by atoms with van der Waals surface area (Å²) in [5.74, 6) is -0.106. The van der Waals surface area contributed by atoms with Gasteiger partial charge in [-0.15, -0.1) is 0 Å². The van der Waals surface area contributed by atoms with Gasteiger partial charge in [0, 0.05) is 17.8 Å². The Morgan fingerprint density at radius 3 is 2.54 bits per heavy atom. The average molecular weight is 373 g/mol. The summed E-state index contributed by atoms with van der Waals surface area (Å²) in [5.41, 5.74) is 1.90. The van der Waals surface area contributed by atoms with Gasteiger partial charge in [-0.25, -0.2) is 4.98 Å². The number of fused-ring (bicyclic) bond motifs is 4. The van der Waals surface area contributed by atoms with Crippen LogP contribution in [0.15, 0.2) is 24.4 Å². The second kappa shape index (κ2) is 6.23. The fourth-order valence-electron chi connectivity index (χ4n) is 4.36. The van der Waals surface area contributed by atoms with Crippen molar-refractivity contribution in [2.75, 3.05) is 7.11 Å². The normalized spacial score (nSPS) is 27.9. The van der Waals surface area contributed by atoms with Crippen LogP contribution in [0.5, 0.6) is 5.88 Å². The lowest BCUT2D eigenvalue weighted by molar-refractivity contribution is -0.157. The van der Waals surface area contributed by atoms with Gasteiger partial charge in [0.1, 0.15) is 5.52 Å². The highest BCUT2D eigenvalue weighted by molar-refractivity contribution is 6.32. The summed E-state index contributed by atoms with van der Waals surface area (Å²) in [7, 11) is 1.58. The van der Waals surface area contributed by atoms with Gasteiger partial charge in [0.15, 0.2) is 0 Å². The molecule has 26 heavy (non-hydrogen) atoms. The second-order valence-electron chi connectivity index (χ2n) is 7.52. The fourth-order valence-corrected chi connectivity index (χ4v) is 4.56. The summed E-state index contributed by atoms with van der Waals surface area (Å²) >= 11 is 6.41. The van der Waals surface area contributed by atoms with Crippen LogP contribution in [0.2, 0.25) is 5.02 Å². The van der Waals surface area contributed by atoms with Gasteiger partial charge in [0.05, 0.1) is 23.1 Å². The minimum absolute atomic E-state index is 0.0645. The smallest absolute Gasteiger partial charge is 0.309 e. The third-order valence-electron chi connectivity index (χ3n) is 6.25. The molecule has 5 rings (SSSR count). The first-order valence-corrected chi connectivity index (χ1v) is 9.27. The van der Waals surface area contributed by atoms with Crippen molar-refractivity contribution in [1.29, 1.82) is 0 Å². The third-order valence-corrected chi connectivity index (χ3v) is 6.55. The van der Waals surface area contributed by atoms with E-state index in [1.165, 1.54) is 0 Å². The van der Waals surface area contributed by atoms with Gasteiger partial charge >= 0.3 is 5.97 Å². The van der Waals surface area contributed by atoms with E-state index in [0.717, 1.165) is 55.1 Å². The van der Waals surface area contributed by atoms with Crippen LogP contribution in [-0.4, -0.2) is 28.2 Å². The number of halogens is 1. The summed E-state index contributed by atoms with van der Waals surface area (Å²) in [4.78, 5) is 20.5. The molecule has 136 valence electrons. The Balaban J connectivity index is 1.68. The SMILES string of the molecule is COc1ccc2ncc(Cl)c(/C=C/C34CCC(C(=O)O)(CC3)CC4)c2n1. The molecule has 0 aliphatic heterocycles. The van der Waals surface area contributed by atoms with E-state index in [0.29, 0.717) is 10.9 Å². The second-order valence-corrected chi connectivity index (χ2v) is 7.93. The molecular formula is C20H21ClN2O3. The number of aromatic nitrogens is 2. The average Bonchev–Trinajstić information content (AvgIpc) is 2.68. The molecule has 5 nitrogen and oxygen atoms in total. The topological polar surface area (TPSA) is 72.3 Å². The molecule has 3 fully saturated rings. The number of pyridine rings is 2. The lowest BCUT2D eigenvalue weighted by atomic mass is 9.53. The number of carbonyl (C=O) groups is 1. The molecule has 3 aliphatic carbocycles. The first-order chi connectivity index (χ1) is 12.5. The molecule has 0 radical (unpaired) electrons. The molecule has 2 heterocycles. The van der Waals surface area contributed by atoms with E-state index in [2.05, 4.69) is 16.0 Å². The van der Waals surface area contributed by atoms with E-state index in [1.807, 2.05) is 12.1 Å². The van der Waals surface area contributed by atoms with Gasteiger partial charge in [0.2, 0.25) is 5.88 Å². The van der Waals surface area contributed by atoms with Crippen LogP contribution in [0.1, 0.15) is 44.1 Å². The van der Waals surface area contributed by atoms with Crippen molar-refractivity contribution in [2.45, 2.75) is 38.5 Å². The minimum Gasteiger partial charge on any atom is -0.481 e. The van der Waals surface area contributed by atoms with Crippen LogP contribution in [0, 0.1) is 10.8 Å². The predicted octanol–water partition coefficient (Wildman–Crippen LogP) is 4.73. The summed E-state index contributed by atoms with van der Waals surface area (Å²) in [5, 5.41) is 10.1. The van der Waals surface area contributed by atoms with Crippen molar-refractivity contribution in [3.05, 3.63) is 35.0 Å². The molecule has 0 spiro atoms. The van der Waals surface area contributed by atoms with Crippen molar-refractivity contribution < 1.29 is 14.6 Å². The zero-order valence-electron chi connectivity index (χ0n) is 14.7. The van der Waals surface area contributed by atoms with Crippen LogP contribution < -0.4 is 4.74 Å². The molecule has 0 saturated heterocycles. The Kier molecular flexibility index (Phi) is 4.14. The van der Waals surface area contributed by atoms with E-state index in [-0.39, 0.29) is 5.41 Å². The highest BCUT2D eigenvalue weighted by atomic mass is 35.5. The predicted molar refractivity (Wildman–Crippen MR) is 100 cm³/mol. The fraction of sp³-hybridized carbons (Fsp3) is 0.450. The van der Waals surface area contributed by atoms with E-state index in [1.54, 1.807) is 19.4 Å². The van der Waals surface area contributed by atoms with Gasteiger partial charge in [-0.3, -0.25) is 9.78 Å². The highest BCUT2D eigenvalue weighted by Gasteiger charge is 2.51. The molecule has 3 aliphatic rings. The monoisotopic (exact) mass is 372 g/mol. The van der Waals surface area contributed by atoms with Crippen molar-refractivity contribution in [3.63, 3.8) is 0 Å². The van der Waals surface area contributed by atoms with E-state index < -0.39 is 11.4 Å². The molecule has 3 saturated carbocycles. The zero-order chi connectivity index (χ0) is 18.4. The number of methoxy groups -OCH3 is 1. The third kappa shape index (κ3) is 2.75. The highest BCUT2D eigenvalue weighted by Crippen LogP contribution is 2.57. The number of allylic oxidation sites excluding steroid dienone is 1. The Labute approximate surface area is 157 Å². The van der Waals surface area contributed by atoms with E-state index >= 15 is 0 Å². The molecule has 6 heteroatoms. The molecule has 0 atom stereocenters. The molecule has 0 unspecified atom stereocenters. The van der Waals surface area contributed by atoms with Crippen molar-refractivity contribution in [2.24, 2.45) is 10.8 Å². The number of nitrogens with zero attached hydrogens (tertiary/aromatic N) is 2. The maximum absolute atomic E-state index is 11.6. The van der Waals surface area contributed by atoms with Gasteiger partial charge in [-0.1, -0.05) is 23.8 Å². The lowest BCUT2D eigenvalue weighted by Crippen LogP contribution is -2.45. The Hall–Kier alpha value is -2.14. The number of hydrogen-bond acceptors (Lipinski definition) is 4. The molecule has 1 N–H and O–H groups in total. The van der Waals surface area contributed by atoms with Crippen molar-refractivity contribution in [3.8, 4) is 5.88 Å². The minimum atomic E-state index is -0.630. The molecule has 2 bridgehead atoms. The van der Waals surface area contributed by atoms with E-state index in [4.69, 9.17) is 16.3 Å². The summed E-state index contributed by atoms with van der Waals surface area (Å²) in [6.45, 7) is 0. The van der Waals surface area contributed by atoms with Gasteiger partial charge in [-0.05, 0) is 50.0 Å². The summed E-state index contributed by atoms with van der Waals surface area (Å²) in [6.07, 6.45) is 10.9. The maximum Gasteiger partial charge on any atom is 0.309 e. The number of carboxylic acids is 1. The summed E-state index contributed by atoms with van der Waals surface area (Å²) in [6, 6.07) is 3.65. The van der Waals surface area contributed by atoms with Crippen LogP contribution >= 0.6 is 11.6 Å². The number of ether oxygens (including phenoxy) is 1. The van der Waals surface area contributed by atoms with Crippen LogP contribution in [0.4, 0.5) is 0 Å².